The van der Waals surface area contributed by atoms with E-state index in [1.165, 1.54) is 24.3 Å². The Bertz CT molecular complexity index is 800. The predicted molar refractivity (Wildman–Crippen MR) is 81.7 cm³/mol. The van der Waals surface area contributed by atoms with Crippen molar-refractivity contribution in [2.75, 3.05) is 12.1 Å². The van der Waals surface area contributed by atoms with Crippen LogP contribution in [0.25, 0.3) is 6.08 Å². The maximum Gasteiger partial charge on any atom is 0.416 e. The van der Waals surface area contributed by atoms with Crippen LogP contribution in [0.2, 0.25) is 0 Å². The number of hydrogen-bond acceptors (Lipinski definition) is 3. The number of carbonyl (C=O) groups is 1. The molecule has 1 amide bonds. The molecule has 0 saturated carbocycles. The minimum absolute atomic E-state index is 0.0742. The fourth-order valence-electron chi connectivity index (χ4n) is 2.15. The molecular formula is C17H12F3NO3. The molecule has 1 aliphatic heterocycles. The number of anilines is 1. The molecule has 2 aromatic carbocycles. The molecular weight excluding hydrogens is 323 g/mol. The molecule has 2 aromatic rings. The molecule has 0 atom stereocenters. The maximum absolute atomic E-state index is 12.6. The summed E-state index contributed by atoms with van der Waals surface area (Å²) in [6.07, 6.45) is -1.69. The van der Waals surface area contributed by atoms with Crippen molar-refractivity contribution >= 4 is 17.7 Å². The van der Waals surface area contributed by atoms with Gasteiger partial charge in [0.2, 0.25) is 12.7 Å². The van der Waals surface area contributed by atoms with Crippen LogP contribution in [-0.2, 0) is 11.0 Å². The number of carbonyl (C=O) groups excluding carboxylic acids is 1. The lowest BCUT2D eigenvalue weighted by molar-refractivity contribution is -0.137. The van der Waals surface area contributed by atoms with E-state index in [-0.39, 0.29) is 12.5 Å². The summed E-state index contributed by atoms with van der Waals surface area (Å²) in [4.78, 5) is 11.8. The van der Waals surface area contributed by atoms with Crippen LogP contribution in [0.15, 0.2) is 48.5 Å². The lowest BCUT2D eigenvalue weighted by Crippen LogP contribution is -2.10. The van der Waals surface area contributed by atoms with E-state index < -0.39 is 17.6 Å². The first-order chi connectivity index (χ1) is 11.4. The molecule has 7 heteroatoms. The fraction of sp³-hybridized carbons (Fsp3) is 0.118. The Morgan fingerprint density at radius 3 is 2.67 bits per heavy atom. The Labute approximate surface area is 135 Å². The SMILES string of the molecule is O=C(C=Cc1ccc2c(c1)OCO2)Nc1cccc(C(F)(F)F)c1. The Balaban J connectivity index is 1.67. The van der Waals surface area contributed by atoms with Gasteiger partial charge in [0, 0.05) is 11.8 Å². The number of nitrogens with one attached hydrogen (secondary N) is 1. The van der Waals surface area contributed by atoms with E-state index in [0.717, 1.165) is 12.1 Å². The monoisotopic (exact) mass is 335 g/mol. The average Bonchev–Trinajstić information content (AvgIpc) is 3.00. The quantitative estimate of drug-likeness (QED) is 0.860. The number of fused-ring (bicyclic) bond motifs is 1. The van der Waals surface area contributed by atoms with E-state index in [0.29, 0.717) is 17.1 Å². The number of alkyl halides is 3. The largest absolute Gasteiger partial charge is 0.454 e. The Morgan fingerprint density at radius 2 is 1.88 bits per heavy atom. The van der Waals surface area contributed by atoms with Crippen LogP contribution in [0, 0.1) is 0 Å². The number of benzene rings is 2. The molecule has 0 aromatic heterocycles. The van der Waals surface area contributed by atoms with Gasteiger partial charge in [-0.1, -0.05) is 12.1 Å². The average molecular weight is 335 g/mol. The van der Waals surface area contributed by atoms with Gasteiger partial charge < -0.3 is 14.8 Å². The van der Waals surface area contributed by atoms with E-state index >= 15 is 0 Å². The molecule has 0 bridgehead atoms. The molecule has 0 saturated heterocycles. The summed E-state index contributed by atoms with van der Waals surface area (Å²) in [5.41, 5.74) is -0.0383. The Morgan fingerprint density at radius 1 is 1.08 bits per heavy atom. The lowest BCUT2D eigenvalue weighted by atomic mass is 10.2. The summed E-state index contributed by atoms with van der Waals surface area (Å²) in [6, 6.07) is 9.61. The number of ether oxygens (including phenoxy) is 2. The van der Waals surface area contributed by atoms with Gasteiger partial charge in [0.25, 0.3) is 0 Å². The zero-order valence-electron chi connectivity index (χ0n) is 12.3. The Hall–Kier alpha value is -2.96. The second-order valence-corrected chi connectivity index (χ2v) is 5.01. The predicted octanol–water partition coefficient (Wildman–Crippen LogP) is 4.09. The van der Waals surface area contributed by atoms with Crippen molar-refractivity contribution in [3.05, 3.63) is 59.7 Å². The molecule has 0 spiro atoms. The molecule has 124 valence electrons. The van der Waals surface area contributed by atoms with Crippen molar-refractivity contribution in [3.63, 3.8) is 0 Å². The van der Waals surface area contributed by atoms with Crippen molar-refractivity contribution in [3.8, 4) is 11.5 Å². The van der Waals surface area contributed by atoms with Crippen LogP contribution in [0.1, 0.15) is 11.1 Å². The highest BCUT2D eigenvalue weighted by atomic mass is 19.4. The van der Waals surface area contributed by atoms with Crippen molar-refractivity contribution in [2.45, 2.75) is 6.18 Å². The first kappa shape index (κ1) is 15.9. The summed E-state index contributed by atoms with van der Waals surface area (Å²) >= 11 is 0. The van der Waals surface area contributed by atoms with E-state index in [1.807, 2.05) is 0 Å². The molecule has 24 heavy (non-hydrogen) atoms. The maximum atomic E-state index is 12.6. The zero-order valence-corrected chi connectivity index (χ0v) is 12.3. The van der Waals surface area contributed by atoms with Gasteiger partial charge in [-0.05, 0) is 42.0 Å². The number of hydrogen-bond donors (Lipinski definition) is 1. The van der Waals surface area contributed by atoms with Crippen LogP contribution in [0.3, 0.4) is 0 Å². The van der Waals surface area contributed by atoms with Crippen LogP contribution < -0.4 is 14.8 Å². The second kappa shape index (κ2) is 6.27. The third kappa shape index (κ3) is 3.68. The third-order valence-corrected chi connectivity index (χ3v) is 3.28. The van der Waals surface area contributed by atoms with Crippen molar-refractivity contribution < 1.29 is 27.4 Å². The van der Waals surface area contributed by atoms with Crippen LogP contribution in [0.4, 0.5) is 18.9 Å². The van der Waals surface area contributed by atoms with Gasteiger partial charge in [0.05, 0.1) is 5.56 Å². The first-order valence-corrected chi connectivity index (χ1v) is 6.98. The van der Waals surface area contributed by atoms with Gasteiger partial charge in [-0.15, -0.1) is 0 Å². The molecule has 1 heterocycles. The van der Waals surface area contributed by atoms with Gasteiger partial charge in [0.15, 0.2) is 11.5 Å². The van der Waals surface area contributed by atoms with Crippen molar-refractivity contribution in [1.82, 2.24) is 0 Å². The minimum Gasteiger partial charge on any atom is -0.454 e. The smallest absolute Gasteiger partial charge is 0.416 e. The van der Waals surface area contributed by atoms with Crippen molar-refractivity contribution in [2.24, 2.45) is 0 Å². The van der Waals surface area contributed by atoms with Gasteiger partial charge in [-0.2, -0.15) is 13.2 Å². The molecule has 0 unspecified atom stereocenters. The summed E-state index contributed by atoms with van der Waals surface area (Å²) in [6.45, 7) is 0.151. The topological polar surface area (TPSA) is 47.6 Å². The zero-order chi connectivity index (χ0) is 17.2. The van der Waals surface area contributed by atoms with Crippen LogP contribution in [-0.4, -0.2) is 12.7 Å². The summed E-state index contributed by atoms with van der Waals surface area (Å²) in [7, 11) is 0. The molecule has 0 fully saturated rings. The molecule has 1 N–H and O–H groups in total. The molecule has 0 aliphatic carbocycles. The minimum atomic E-state index is -4.46. The number of amides is 1. The summed E-state index contributed by atoms with van der Waals surface area (Å²) < 4.78 is 48.3. The highest BCUT2D eigenvalue weighted by molar-refractivity contribution is 6.02. The van der Waals surface area contributed by atoms with Crippen LogP contribution in [0.5, 0.6) is 11.5 Å². The molecule has 0 radical (unpaired) electrons. The fourth-order valence-corrected chi connectivity index (χ4v) is 2.15. The third-order valence-electron chi connectivity index (χ3n) is 3.28. The lowest BCUT2D eigenvalue weighted by Gasteiger charge is -2.08. The van der Waals surface area contributed by atoms with Gasteiger partial charge in [0.1, 0.15) is 0 Å². The van der Waals surface area contributed by atoms with Gasteiger partial charge in [-0.3, -0.25) is 4.79 Å². The highest BCUT2D eigenvalue weighted by Crippen LogP contribution is 2.33. The normalized spacial score (nSPS) is 13.3. The number of rotatable bonds is 3. The molecule has 4 nitrogen and oxygen atoms in total. The van der Waals surface area contributed by atoms with Crippen molar-refractivity contribution in [1.29, 1.82) is 0 Å². The van der Waals surface area contributed by atoms with E-state index in [2.05, 4.69) is 5.32 Å². The summed E-state index contributed by atoms with van der Waals surface area (Å²) in [5.74, 6) is 0.669. The van der Waals surface area contributed by atoms with E-state index in [1.54, 1.807) is 18.2 Å². The second-order valence-electron chi connectivity index (χ2n) is 5.01. The molecule has 1 aliphatic rings. The Kier molecular flexibility index (Phi) is 4.16. The first-order valence-electron chi connectivity index (χ1n) is 6.98. The molecule has 3 rings (SSSR count). The number of halogens is 3. The highest BCUT2D eigenvalue weighted by Gasteiger charge is 2.30. The summed E-state index contributed by atoms with van der Waals surface area (Å²) in [5, 5.41) is 2.40. The van der Waals surface area contributed by atoms with E-state index in [4.69, 9.17) is 9.47 Å². The van der Waals surface area contributed by atoms with Crippen LogP contribution >= 0.6 is 0 Å². The standard InChI is InChI=1S/C17H12F3NO3/c18-17(19,20)12-2-1-3-13(9-12)21-16(22)7-5-11-4-6-14-15(8-11)24-10-23-14/h1-9H,10H2,(H,21,22). The van der Waals surface area contributed by atoms with Gasteiger partial charge >= 0.3 is 6.18 Å². The van der Waals surface area contributed by atoms with E-state index in [9.17, 15) is 18.0 Å². The van der Waals surface area contributed by atoms with Gasteiger partial charge in [-0.25, -0.2) is 0 Å².